The number of hydrogen-bond acceptors (Lipinski definition) is 4. The van der Waals surface area contributed by atoms with Crippen molar-refractivity contribution in [2.75, 3.05) is 12.4 Å². The number of methoxy groups -OCH3 is 1. The van der Waals surface area contributed by atoms with E-state index in [0.29, 0.717) is 5.75 Å². The van der Waals surface area contributed by atoms with Gasteiger partial charge < -0.3 is 10.1 Å². The molecule has 0 saturated heterocycles. The Balaban J connectivity index is 1.91. The third-order valence-electron chi connectivity index (χ3n) is 5.12. The van der Waals surface area contributed by atoms with Crippen molar-refractivity contribution in [3.05, 3.63) is 74.3 Å². The maximum atomic E-state index is 11.6. The maximum absolute atomic E-state index is 11.6. The van der Waals surface area contributed by atoms with Gasteiger partial charge in [0, 0.05) is 16.5 Å². The van der Waals surface area contributed by atoms with Crippen molar-refractivity contribution in [1.29, 1.82) is 0 Å². The Morgan fingerprint density at radius 1 is 1.28 bits per heavy atom. The van der Waals surface area contributed by atoms with Crippen molar-refractivity contribution in [1.82, 2.24) is 0 Å². The highest BCUT2D eigenvalue weighted by Crippen LogP contribution is 2.55. The molecule has 0 radical (unpaired) electrons. The van der Waals surface area contributed by atoms with Crippen molar-refractivity contribution in [2.24, 2.45) is 5.92 Å². The van der Waals surface area contributed by atoms with Gasteiger partial charge in [-0.15, -0.1) is 0 Å². The third kappa shape index (κ3) is 2.52. The quantitative estimate of drug-likeness (QED) is 0.437. The summed E-state index contributed by atoms with van der Waals surface area (Å²) in [7, 11) is 1.59. The summed E-state index contributed by atoms with van der Waals surface area (Å²) in [6.45, 7) is 0. The summed E-state index contributed by atoms with van der Waals surface area (Å²) in [6.07, 6.45) is 5.11. The van der Waals surface area contributed by atoms with Crippen LogP contribution in [0.1, 0.15) is 29.5 Å². The number of rotatable bonds is 3. The molecule has 0 fully saturated rings. The summed E-state index contributed by atoms with van der Waals surface area (Å²) in [6, 6.07) is 11.4. The normalized spacial score (nSPS) is 23.5. The molecule has 128 valence electrons. The van der Waals surface area contributed by atoms with Crippen molar-refractivity contribution in [3.8, 4) is 5.75 Å². The SMILES string of the molecule is COc1ccc([N+](=O)[O-])c2c1N[C@H](c1ccccc1Br)[C@H]1CC=C[C@H]21. The fourth-order valence-electron chi connectivity index (χ4n) is 4.03. The summed E-state index contributed by atoms with van der Waals surface area (Å²) in [5.41, 5.74) is 2.76. The molecule has 3 atom stereocenters. The van der Waals surface area contributed by atoms with E-state index in [0.717, 1.165) is 27.7 Å². The van der Waals surface area contributed by atoms with Gasteiger partial charge in [0.15, 0.2) is 0 Å². The summed E-state index contributed by atoms with van der Waals surface area (Å²) in [4.78, 5) is 11.3. The first-order valence-electron chi connectivity index (χ1n) is 8.14. The second-order valence-corrected chi connectivity index (χ2v) is 7.18. The number of halogens is 1. The van der Waals surface area contributed by atoms with Crippen LogP contribution in [0.2, 0.25) is 0 Å². The van der Waals surface area contributed by atoms with Crippen LogP contribution >= 0.6 is 15.9 Å². The number of nitro groups is 1. The van der Waals surface area contributed by atoms with E-state index in [4.69, 9.17) is 4.74 Å². The predicted molar refractivity (Wildman–Crippen MR) is 100 cm³/mol. The molecule has 0 spiro atoms. The van der Waals surface area contributed by atoms with Crippen LogP contribution in [0.15, 0.2) is 53.0 Å². The molecule has 0 amide bonds. The van der Waals surface area contributed by atoms with Gasteiger partial charge in [-0.25, -0.2) is 0 Å². The predicted octanol–water partition coefficient (Wildman–Crippen LogP) is 5.19. The summed E-state index contributed by atoms with van der Waals surface area (Å²) >= 11 is 3.64. The topological polar surface area (TPSA) is 64.4 Å². The fraction of sp³-hybridized carbons (Fsp3) is 0.263. The summed E-state index contributed by atoms with van der Waals surface area (Å²) in [5.74, 6) is 0.872. The first-order chi connectivity index (χ1) is 12.1. The molecular formula is C19H17BrN2O3. The van der Waals surface area contributed by atoms with E-state index < -0.39 is 0 Å². The molecule has 1 heterocycles. The molecule has 2 aromatic rings. The number of nitro benzene ring substituents is 1. The number of fused-ring (bicyclic) bond motifs is 3. The molecule has 1 aliphatic heterocycles. The molecule has 5 nitrogen and oxygen atoms in total. The Morgan fingerprint density at radius 2 is 2.08 bits per heavy atom. The van der Waals surface area contributed by atoms with E-state index in [-0.39, 0.29) is 28.5 Å². The van der Waals surface area contributed by atoms with Gasteiger partial charge >= 0.3 is 0 Å². The molecule has 2 aromatic carbocycles. The Hall–Kier alpha value is -2.34. The smallest absolute Gasteiger partial charge is 0.275 e. The molecule has 6 heteroatoms. The molecule has 0 aromatic heterocycles. The van der Waals surface area contributed by atoms with E-state index in [2.05, 4.69) is 39.5 Å². The lowest BCUT2D eigenvalue weighted by molar-refractivity contribution is -0.385. The highest BCUT2D eigenvalue weighted by molar-refractivity contribution is 9.10. The molecule has 25 heavy (non-hydrogen) atoms. The van der Waals surface area contributed by atoms with E-state index in [1.54, 1.807) is 19.2 Å². The fourth-order valence-corrected chi connectivity index (χ4v) is 4.56. The van der Waals surface area contributed by atoms with Crippen molar-refractivity contribution in [3.63, 3.8) is 0 Å². The van der Waals surface area contributed by atoms with Crippen molar-refractivity contribution in [2.45, 2.75) is 18.4 Å². The first kappa shape index (κ1) is 16.1. The molecule has 0 unspecified atom stereocenters. The van der Waals surface area contributed by atoms with Gasteiger partial charge in [0.1, 0.15) is 5.75 Å². The molecular weight excluding hydrogens is 384 g/mol. The number of hydrogen-bond donors (Lipinski definition) is 1. The lowest BCUT2D eigenvalue weighted by atomic mass is 9.76. The Labute approximate surface area is 154 Å². The number of nitrogens with one attached hydrogen (secondary N) is 1. The number of ether oxygens (including phenoxy) is 1. The van der Waals surface area contributed by atoms with Gasteiger partial charge in [-0.2, -0.15) is 0 Å². The number of anilines is 1. The Morgan fingerprint density at radius 3 is 2.80 bits per heavy atom. The molecule has 0 saturated carbocycles. The van der Waals surface area contributed by atoms with Gasteiger partial charge in [-0.3, -0.25) is 10.1 Å². The van der Waals surface area contributed by atoms with Crippen LogP contribution in [0.5, 0.6) is 5.75 Å². The number of allylic oxidation sites excluding steroid dienone is 2. The van der Waals surface area contributed by atoms with Gasteiger partial charge in [-0.1, -0.05) is 46.3 Å². The maximum Gasteiger partial charge on any atom is 0.275 e. The third-order valence-corrected chi connectivity index (χ3v) is 5.84. The molecule has 2 aliphatic rings. The minimum absolute atomic E-state index is 0.00357. The van der Waals surface area contributed by atoms with E-state index in [1.807, 2.05) is 18.2 Å². The molecule has 1 N–H and O–H groups in total. The second-order valence-electron chi connectivity index (χ2n) is 6.33. The van der Waals surface area contributed by atoms with Gasteiger partial charge in [0.05, 0.1) is 29.3 Å². The first-order valence-corrected chi connectivity index (χ1v) is 8.94. The number of nitrogens with zero attached hydrogens (tertiary/aromatic N) is 1. The average molecular weight is 401 g/mol. The standard InChI is InChI=1S/C19H17BrN2O3/c1-25-16-10-9-15(22(23)24)17-11-6-4-7-12(11)18(21-19(16)17)13-5-2-3-8-14(13)20/h2-6,8-12,18,21H,7H2,1H3/t11-,12-,18-/m0/s1. The zero-order valence-electron chi connectivity index (χ0n) is 13.6. The average Bonchev–Trinajstić information content (AvgIpc) is 3.10. The van der Waals surface area contributed by atoms with Crippen molar-refractivity contribution >= 4 is 27.3 Å². The lowest BCUT2D eigenvalue weighted by Gasteiger charge is -2.38. The van der Waals surface area contributed by atoms with E-state index in [1.165, 1.54) is 0 Å². The minimum atomic E-state index is -0.304. The van der Waals surface area contributed by atoms with E-state index in [9.17, 15) is 10.1 Å². The zero-order chi connectivity index (χ0) is 17.6. The summed E-state index contributed by atoms with van der Waals surface area (Å²) in [5, 5.41) is 15.1. The lowest BCUT2D eigenvalue weighted by Crippen LogP contribution is -2.30. The Kier molecular flexibility index (Phi) is 4.00. The van der Waals surface area contributed by atoms with Crippen LogP contribution < -0.4 is 10.1 Å². The van der Waals surface area contributed by atoms with Crippen LogP contribution in [0.4, 0.5) is 11.4 Å². The van der Waals surface area contributed by atoms with Crippen LogP contribution in [0.25, 0.3) is 0 Å². The van der Waals surface area contributed by atoms with Crippen LogP contribution in [0, 0.1) is 16.0 Å². The molecule has 1 aliphatic carbocycles. The van der Waals surface area contributed by atoms with Gasteiger partial charge in [-0.05, 0) is 30.0 Å². The van der Waals surface area contributed by atoms with Crippen LogP contribution in [-0.4, -0.2) is 12.0 Å². The highest BCUT2D eigenvalue weighted by atomic mass is 79.9. The Bertz CT molecular complexity index is 881. The van der Waals surface area contributed by atoms with Gasteiger partial charge in [0.2, 0.25) is 0 Å². The minimum Gasteiger partial charge on any atom is -0.495 e. The zero-order valence-corrected chi connectivity index (χ0v) is 15.2. The van der Waals surface area contributed by atoms with Crippen LogP contribution in [-0.2, 0) is 0 Å². The summed E-state index contributed by atoms with van der Waals surface area (Å²) < 4.78 is 6.52. The van der Waals surface area contributed by atoms with E-state index >= 15 is 0 Å². The molecule has 0 bridgehead atoms. The second kappa shape index (κ2) is 6.19. The highest BCUT2D eigenvalue weighted by Gasteiger charge is 2.43. The number of benzene rings is 2. The monoisotopic (exact) mass is 400 g/mol. The van der Waals surface area contributed by atoms with Gasteiger partial charge in [0.25, 0.3) is 5.69 Å². The largest absolute Gasteiger partial charge is 0.495 e. The van der Waals surface area contributed by atoms with Crippen molar-refractivity contribution < 1.29 is 9.66 Å². The van der Waals surface area contributed by atoms with Crippen LogP contribution in [0.3, 0.4) is 0 Å². The molecule has 4 rings (SSSR count).